The van der Waals surface area contributed by atoms with Crippen LogP contribution in [-0.2, 0) is 14.8 Å². The Morgan fingerprint density at radius 2 is 2.07 bits per heavy atom. The lowest BCUT2D eigenvalue weighted by Crippen LogP contribution is -2.31. The van der Waals surface area contributed by atoms with Gasteiger partial charge in [-0.15, -0.1) is 0 Å². The number of carbonyl (C=O) groups is 1. The van der Waals surface area contributed by atoms with Gasteiger partial charge in [-0.25, -0.2) is 13.1 Å². The second-order valence-electron chi connectivity index (χ2n) is 6.36. The molecule has 1 aromatic carbocycles. The summed E-state index contributed by atoms with van der Waals surface area (Å²) in [5.74, 6) is -0.164. The number of rotatable bonds is 7. The van der Waals surface area contributed by atoms with E-state index < -0.39 is 10.0 Å². The Morgan fingerprint density at radius 3 is 2.81 bits per heavy atom. The number of benzene rings is 1. The number of likely N-dealkylation sites (tertiary alicyclic amines) is 1. The predicted molar refractivity (Wildman–Crippen MR) is 101 cm³/mol. The van der Waals surface area contributed by atoms with Crippen molar-refractivity contribution in [2.24, 2.45) is 0 Å². The molecular weight excluding hydrogens is 366 g/mol. The standard InChI is InChI=1S/C19H23N3O4S/c1-26-13-11-21-27(24,25)17-5-2-4-16(14-17)19(23)22-12-3-6-18(22)15-7-9-20-10-8-15/h2,4-5,7-10,14,18,21H,3,6,11-13H2,1H3. The highest BCUT2D eigenvalue weighted by Crippen LogP contribution is 2.33. The van der Waals surface area contributed by atoms with Crippen LogP contribution in [-0.4, -0.2) is 51.0 Å². The average molecular weight is 389 g/mol. The maximum atomic E-state index is 13.0. The normalized spacial score (nSPS) is 17.2. The van der Waals surface area contributed by atoms with E-state index >= 15 is 0 Å². The zero-order valence-corrected chi connectivity index (χ0v) is 16.0. The van der Waals surface area contributed by atoms with Crippen LogP contribution >= 0.6 is 0 Å². The second kappa shape index (κ2) is 8.60. The molecule has 7 nitrogen and oxygen atoms in total. The summed E-state index contributed by atoms with van der Waals surface area (Å²) < 4.78 is 32.1. The van der Waals surface area contributed by atoms with Gasteiger partial charge in [-0.1, -0.05) is 6.07 Å². The molecule has 0 radical (unpaired) electrons. The summed E-state index contributed by atoms with van der Waals surface area (Å²) in [6, 6.07) is 9.97. The van der Waals surface area contributed by atoms with Gasteiger partial charge in [0.2, 0.25) is 10.0 Å². The highest BCUT2D eigenvalue weighted by molar-refractivity contribution is 7.89. The number of ether oxygens (including phenoxy) is 1. The molecule has 3 rings (SSSR count). The van der Waals surface area contributed by atoms with Crippen LogP contribution in [0.15, 0.2) is 53.7 Å². The molecule has 27 heavy (non-hydrogen) atoms. The number of carbonyl (C=O) groups excluding carboxylic acids is 1. The number of pyridine rings is 1. The van der Waals surface area contributed by atoms with E-state index in [1.54, 1.807) is 29.4 Å². The van der Waals surface area contributed by atoms with E-state index in [0.29, 0.717) is 12.1 Å². The van der Waals surface area contributed by atoms with Crippen molar-refractivity contribution in [1.82, 2.24) is 14.6 Å². The van der Waals surface area contributed by atoms with Crippen LogP contribution in [0.2, 0.25) is 0 Å². The molecule has 1 N–H and O–H groups in total. The van der Waals surface area contributed by atoms with Crippen molar-refractivity contribution in [3.8, 4) is 0 Å². The minimum Gasteiger partial charge on any atom is -0.383 e. The van der Waals surface area contributed by atoms with Crippen molar-refractivity contribution >= 4 is 15.9 Å². The number of hydrogen-bond donors (Lipinski definition) is 1. The first-order chi connectivity index (χ1) is 13.0. The molecule has 2 aromatic rings. The van der Waals surface area contributed by atoms with Crippen molar-refractivity contribution in [2.45, 2.75) is 23.8 Å². The molecule has 1 aliphatic rings. The summed E-state index contributed by atoms with van der Waals surface area (Å²) in [6.07, 6.45) is 5.23. The molecule has 2 heterocycles. The van der Waals surface area contributed by atoms with Crippen molar-refractivity contribution in [2.75, 3.05) is 26.8 Å². The molecule has 0 spiro atoms. The number of methoxy groups -OCH3 is 1. The Balaban J connectivity index is 1.81. The molecule has 1 atom stereocenters. The van der Waals surface area contributed by atoms with Gasteiger partial charge in [-0.2, -0.15) is 0 Å². The minimum absolute atomic E-state index is 0.0133. The Kier molecular flexibility index (Phi) is 6.20. The molecule has 0 aliphatic carbocycles. The smallest absolute Gasteiger partial charge is 0.254 e. The molecule has 1 saturated heterocycles. The molecule has 1 aromatic heterocycles. The van der Waals surface area contributed by atoms with Gasteiger partial charge in [-0.3, -0.25) is 9.78 Å². The lowest BCUT2D eigenvalue weighted by Gasteiger charge is -2.25. The fourth-order valence-corrected chi connectivity index (χ4v) is 4.32. The van der Waals surface area contributed by atoms with Gasteiger partial charge in [-0.05, 0) is 48.7 Å². The Hall–Kier alpha value is -2.29. The van der Waals surface area contributed by atoms with Crippen molar-refractivity contribution < 1.29 is 17.9 Å². The van der Waals surface area contributed by atoms with Crippen LogP contribution in [0.3, 0.4) is 0 Å². The van der Waals surface area contributed by atoms with Crippen LogP contribution in [0.4, 0.5) is 0 Å². The number of sulfonamides is 1. The quantitative estimate of drug-likeness (QED) is 0.732. The van der Waals surface area contributed by atoms with Gasteiger partial charge in [0.25, 0.3) is 5.91 Å². The maximum Gasteiger partial charge on any atom is 0.254 e. The summed E-state index contributed by atoms with van der Waals surface area (Å²) in [5.41, 5.74) is 1.41. The zero-order valence-electron chi connectivity index (χ0n) is 15.2. The summed E-state index contributed by atoms with van der Waals surface area (Å²) in [5, 5.41) is 0. The molecule has 1 unspecified atom stereocenters. The molecular formula is C19H23N3O4S. The van der Waals surface area contributed by atoms with Crippen LogP contribution in [0.5, 0.6) is 0 Å². The number of aromatic nitrogens is 1. The number of hydrogen-bond acceptors (Lipinski definition) is 5. The zero-order chi connectivity index (χ0) is 19.3. The number of amides is 1. The molecule has 0 saturated carbocycles. The third-order valence-corrected chi connectivity index (χ3v) is 6.05. The van der Waals surface area contributed by atoms with Gasteiger partial charge in [0.05, 0.1) is 17.5 Å². The fourth-order valence-electron chi connectivity index (χ4n) is 3.27. The summed E-state index contributed by atoms with van der Waals surface area (Å²) in [4.78, 5) is 19.0. The Labute approximate surface area is 159 Å². The SMILES string of the molecule is COCCNS(=O)(=O)c1cccc(C(=O)N2CCCC2c2ccncc2)c1. The number of nitrogens with one attached hydrogen (secondary N) is 1. The lowest BCUT2D eigenvalue weighted by molar-refractivity contribution is 0.0735. The molecule has 0 bridgehead atoms. The van der Waals surface area contributed by atoms with E-state index in [1.165, 1.54) is 19.2 Å². The second-order valence-corrected chi connectivity index (χ2v) is 8.12. The van der Waals surface area contributed by atoms with Crippen molar-refractivity contribution in [1.29, 1.82) is 0 Å². The predicted octanol–water partition coefficient (Wildman–Crippen LogP) is 1.98. The first-order valence-corrected chi connectivity index (χ1v) is 10.3. The minimum atomic E-state index is -3.69. The van der Waals surface area contributed by atoms with Gasteiger partial charge < -0.3 is 9.64 Å². The topological polar surface area (TPSA) is 88.6 Å². The maximum absolute atomic E-state index is 13.0. The van der Waals surface area contributed by atoms with E-state index in [-0.39, 0.29) is 30.0 Å². The van der Waals surface area contributed by atoms with Crippen molar-refractivity contribution in [3.63, 3.8) is 0 Å². The molecule has 1 aliphatic heterocycles. The number of nitrogens with zero attached hydrogens (tertiary/aromatic N) is 2. The van der Waals surface area contributed by atoms with Crippen LogP contribution < -0.4 is 4.72 Å². The summed E-state index contributed by atoms with van der Waals surface area (Å²) in [7, 11) is -2.18. The van der Waals surface area contributed by atoms with Gasteiger partial charge >= 0.3 is 0 Å². The van der Waals surface area contributed by atoms with E-state index in [4.69, 9.17) is 4.74 Å². The molecule has 8 heteroatoms. The third-order valence-electron chi connectivity index (χ3n) is 4.59. The fraction of sp³-hybridized carbons (Fsp3) is 0.368. The lowest BCUT2D eigenvalue weighted by atomic mass is 10.1. The van der Waals surface area contributed by atoms with Gasteiger partial charge in [0.15, 0.2) is 0 Å². The van der Waals surface area contributed by atoms with Gasteiger partial charge in [0.1, 0.15) is 0 Å². The molecule has 144 valence electrons. The monoisotopic (exact) mass is 389 g/mol. The van der Waals surface area contributed by atoms with E-state index in [9.17, 15) is 13.2 Å². The van der Waals surface area contributed by atoms with Crippen LogP contribution in [0, 0.1) is 0 Å². The van der Waals surface area contributed by atoms with E-state index in [0.717, 1.165) is 18.4 Å². The first kappa shape index (κ1) is 19.5. The summed E-state index contributed by atoms with van der Waals surface area (Å²) >= 11 is 0. The van der Waals surface area contributed by atoms with E-state index in [1.807, 2.05) is 12.1 Å². The van der Waals surface area contributed by atoms with Gasteiger partial charge in [0, 0.05) is 38.2 Å². The first-order valence-electron chi connectivity index (χ1n) is 8.82. The van der Waals surface area contributed by atoms with Crippen LogP contribution in [0.25, 0.3) is 0 Å². The Bertz CT molecular complexity index is 887. The largest absolute Gasteiger partial charge is 0.383 e. The molecule has 1 fully saturated rings. The highest BCUT2D eigenvalue weighted by Gasteiger charge is 2.31. The Morgan fingerprint density at radius 1 is 1.30 bits per heavy atom. The van der Waals surface area contributed by atoms with Crippen molar-refractivity contribution in [3.05, 3.63) is 59.9 Å². The molecule has 1 amide bonds. The van der Waals surface area contributed by atoms with Crippen LogP contribution in [0.1, 0.15) is 34.8 Å². The average Bonchev–Trinajstić information content (AvgIpc) is 3.18. The summed E-state index contributed by atoms with van der Waals surface area (Å²) in [6.45, 7) is 1.10. The highest BCUT2D eigenvalue weighted by atomic mass is 32.2. The third kappa shape index (κ3) is 4.52. The van der Waals surface area contributed by atoms with E-state index in [2.05, 4.69) is 9.71 Å².